The summed E-state index contributed by atoms with van der Waals surface area (Å²) in [6.45, 7) is 6.15. The highest BCUT2D eigenvalue weighted by Gasteiger charge is 2.22. The second-order valence-corrected chi connectivity index (χ2v) is 8.21. The lowest BCUT2D eigenvalue weighted by molar-refractivity contribution is 0.361. The number of likely N-dealkylation sites (N-methyl/N-ethyl adjacent to an activating group) is 1. The monoisotopic (exact) mass is 366 g/mol. The molecule has 1 aliphatic heterocycles. The van der Waals surface area contributed by atoms with Crippen molar-refractivity contribution >= 4 is 6.02 Å². The van der Waals surface area contributed by atoms with Gasteiger partial charge in [0, 0.05) is 13.1 Å². The Morgan fingerprint density at radius 2 is 1.15 bits per heavy atom. The van der Waals surface area contributed by atoms with E-state index in [2.05, 4.69) is 18.8 Å². The maximum atomic E-state index is 9.67. The number of aliphatic hydroxyl groups excluding tert-OH is 1. The van der Waals surface area contributed by atoms with E-state index in [0.29, 0.717) is 6.04 Å². The van der Waals surface area contributed by atoms with Crippen molar-refractivity contribution in [3.63, 3.8) is 0 Å². The summed E-state index contributed by atoms with van der Waals surface area (Å²) in [5, 5.41) is 9.67. The molecule has 1 heterocycles. The molecule has 0 fully saturated rings. The topological polar surface area (TPSA) is 35.8 Å². The van der Waals surface area contributed by atoms with Crippen molar-refractivity contribution in [2.45, 2.75) is 129 Å². The lowest BCUT2D eigenvalue weighted by Gasteiger charge is -2.14. The second-order valence-electron chi connectivity index (χ2n) is 8.21. The van der Waals surface area contributed by atoms with Crippen LogP contribution in [0, 0.1) is 0 Å². The molecule has 1 N–H and O–H groups in total. The Morgan fingerprint density at radius 1 is 0.731 bits per heavy atom. The molecule has 1 aliphatic rings. The molecule has 26 heavy (non-hydrogen) atoms. The standard InChI is InChI=1S/C23H46N2O/c1-3-5-6-7-8-9-10-11-12-13-14-15-16-17-18-19-20-22-21-25(4-2)23(26)24-22/h22H,3-21H2,1-2H3,(H,24,26). The molecule has 0 aromatic carbocycles. The van der Waals surface area contributed by atoms with Crippen molar-refractivity contribution in [2.24, 2.45) is 4.99 Å². The quantitative estimate of drug-likeness (QED) is 0.259. The van der Waals surface area contributed by atoms with E-state index in [1.165, 1.54) is 103 Å². The smallest absolute Gasteiger partial charge is 0.285 e. The average molecular weight is 367 g/mol. The molecule has 0 aromatic rings. The van der Waals surface area contributed by atoms with Crippen molar-refractivity contribution in [1.82, 2.24) is 4.90 Å². The van der Waals surface area contributed by atoms with Crippen LogP contribution in [0.15, 0.2) is 4.99 Å². The van der Waals surface area contributed by atoms with E-state index in [-0.39, 0.29) is 6.02 Å². The van der Waals surface area contributed by atoms with Crippen molar-refractivity contribution < 1.29 is 5.11 Å². The van der Waals surface area contributed by atoms with Crippen molar-refractivity contribution in [1.29, 1.82) is 0 Å². The summed E-state index contributed by atoms with van der Waals surface area (Å²) in [6, 6.07) is 0.593. The van der Waals surface area contributed by atoms with Crippen LogP contribution in [0.25, 0.3) is 0 Å². The zero-order valence-corrected chi connectivity index (χ0v) is 17.9. The van der Waals surface area contributed by atoms with Gasteiger partial charge in [-0.2, -0.15) is 0 Å². The zero-order chi connectivity index (χ0) is 18.9. The van der Waals surface area contributed by atoms with Gasteiger partial charge < -0.3 is 10.0 Å². The Morgan fingerprint density at radius 3 is 1.54 bits per heavy atom. The molecule has 154 valence electrons. The van der Waals surface area contributed by atoms with Gasteiger partial charge in [0.2, 0.25) is 0 Å². The Bertz CT molecular complexity index is 343. The van der Waals surface area contributed by atoms with Gasteiger partial charge >= 0.3 is 0 Å². The van der Waals surface area contributed by atoms with E-state index < -0.39 is 0 Å². The van der Waals surface area contributed by atoms with Gasteiger partial charge in [-0.1, -0.05) is 110 Å². The van der Waals surface area contributed by atoms with E-state index in [9.17, 15) is 5.11 Å². The predicted molar refractivity (Wildman–Crippen MR) is 115 cm³/mol. The van der Waals surface area contributed by atoms with Gasteiger partial charge in [-0.3, -0.25) is 0 Å². The van der Waals surface area contributed by atoms with E-state index in [0.717, 1.165) is 19.5 Å². The van der Waals surface area contributed by atoms with Crippen LogP contribution < -0.4 is 0 Å². The van der Waals surface area contributed by atoms with Gasteiger partial charge in [0.25, 0.3) is 6.02 Å². The molecule has 0 amide bonds. The molecule has 0 radical (unpaired) electrons. The normalized spacial score (nSPS) is 17.1. The van der Waals surface area contributed by atoms with Crippen LogP contribution in [0.5, 0.6) is 0 Å². The zero-order valence-electron chi connectivity index (χ0n) is 17.9. The Hall–Kier alpha value is -0.730. The van der Waals surface area contributed by atoms with Crippen molar-refractivity contribution in [3.8, 4) is 0 Å². The van der Waals surface area contributed by atoms with E-state index in [1.54, 1.807) is 0 Å². The Kier molecular flexibility index (Phi) is 14.7. The summed E-state index contributed by atoms with van der Waals surface area (Å²) in [5.41, 5.74) is 0. The Balaban J connectivity index is 1.74. The molecule has 0 aliphatic carbocycles. The molecule has 0 aromatic heterocycles. The largest absolute Gasteiger partial charge is 0.481 e. The number of nitrogens with zero attached hydrogens (tertiary/aromatic N) is 2. The average Bonchev–Trinajstić information content (AvgIpc) is 3.01. The number of amidine groups is 1. The minimum atomic E-state index is 0.258. The molecule has 1 rings (SSSR count). The maximum absolute atomic E-state index is 9.67. The van der Waals surface area contributed by atoms with Crippen LogP contribution in [-0.2, 0) is 0 Å². The summed E-state index contributed by atoms with van der Waals surface area (Å²) in [4.78, 5) is 6.32. The molecule has 3 heteroatoms. The SMILES string of the molecule is CCCCCCCCCCCCCCCCCCC1CN(CC)C(O)=N1. The van der Waals surface area contributed by atoms with Crippen LogP contribution in [-0.4, -0.2) is 35.2 Å². The number of rotatable bonds is 18. The first kappa shape index (κ1) is 23.3. The number of aliphatic imine (C=N–C) groups is 1. The molecular formula is C23H46N2O. The molecular weight excluding hydrogens is 320 g/mol. The lowest BCUT2D eigenvalue weighted by atomic mass is 10.0. The third-order valence-electron chi connectivity index (χ3n) is 5.78. The van der Waals surface area contributed by atoms with Gasteiger partial charge in [0.15, 0.2) is 0 Å². The third-order valence-corrected chi connectivity index (χ3v) is 5.78. The molecule has 1 atom stereocenters. The molecule has 0 saturated carbocycles. The highest BCUT2D eigenvalue weighted by Crippen LogP contribution is 2.17. The van der Waals surface area contributed by atoms with E-state index in [1.807, 2.05) is 4.90 Å². The van der Waals surface area contributed by atoms with Gasteiger partial charge in [-0.05, 0) is 13.3 Å². The van der Waals surface area contributed by atoms with Crippen LogP contribution in [0.1, 0.15) is 123 Å². The highest BCUT2D eigenvalue weighted by atomic mass is 16.3. The molecule has 0 bridgehead atoms. The van der Waals surface area contributed by atoms with Crippen LogP contribution in [0.4, 0.5) is 0 Å². The minimum Gasteiger partial charge on any atom is -0.481 e. The molecule has 0 spiro atoms. The summed E-state index contributed by atoms with van der Waals surface area (Å²) >= 11 is 0. The fraction of sp³-hybridized carbons (Fsp3) is 0.957. The first-order valence-corrected chi connectivity index (χ1v) is 11.8. The predicted octanol–water partition coefficient (Wildman–Crippen LogP) is 7.26. The molecule has 1 unspecified atom stereocenters. The van der Waals surface area contributed by atoms with Crippen LogP contribution >= 0.6 is 0 Å². The summed E-state index contributed by atoms with van der Waals surface area (Å²) in [7, 11) is 0. The first-order chi connectivity index (χ1) is 12.8. The first-order valence-electron chi connectivity index (χ1n) is 11.8. The van der Waals surface area contributed by atoms with Crippen molar-refractivity contribution in [2.75, 3.05) is 13.1 Å². The van der Waals surface area contributed by atoms with Gasteiger partial charge in [-0.25, -0.2) is 4.99 Å². The van der Waals surface area contributed by atoms with Gasteiger partial charge in [0.05, 0.1) is 6.04 Å². The number of hydrogen-bond acceptors (Lipinski definition) is 2. The fourth-order valence-electron chi connectivity index (χ4n) is 3.98. The minimum absolute atomic E-state index is 0.258. The second kappa shape index (κ2) is 16.4. The van der Waals surface area contributed by atoms with Crippen LogP contribution in [0.2, 0.25) is 0 Å². The molecule has 3 nitrogen and oxygen atoms in total. The van der Waals surface area contributed by atoms with Gasteiger partial charge in [-0.15, -0.1) is 0 Å². The summed E-state index contributed by atoms with van der Waals surface area (Å²) < 4.78 is 0. The lowest BCUT2D eigenvalue weighted by Crippen LogP contribution is -2.28. The van der Waals surface area contributed by atoms with E-state index in [4.69, 9.17) is 0 Å². The molecule has 0 saturated heterocycles. The number of aliphatic hydroxyl groups is 1. The van der Waals surface area contributed by atoms with Gasteiger partial charge in [0.1, 0.15) is 0 Å². The highest BCUT2D eigenvalue weighted by molar-refractivity contribution is 5.73. The Labute approximate surface area is 163 Å². The number of unbranched alkanes of at least 4 members (excludes halogenated alkanes) is 15. The fourth-order valence-corrected chi connectivity index (χ4v) is 3.98. The van der Waals surface area contributed by atoms with E-state index >= 15 is 0 Å². The number of hydrogen-bond donors (Lipinski definition) is 1. The van der Waals surface area contributed by atoms with Crippen molar-refractivity contribution in [3.05, 3.63) is 0 Å². The van der Waals surface area contributed by atoms with Crippen LogP contribution in [0.3, 0.4) is 0 Å². The maximum Gasteiger partial charge on any atom is 0.285 e. The third kappa shape index (κ3) is 11.8. The summed E-state index contributed by atoms with van der Waals surface area (Å²) in [5.74, 6) is 0. The summed E-state index contributed by atoms with van der Waals surface area (Å²) in [6.07, 6.45) is 23.8.